The molecular weight excluding hydrogens is 458 g/mol. The maximum Gasteiger partial charge on any atom is 0.198 e. The molecule has 37 heavy (non-hydrogen) atoms. The fourth-order valence-corrected chi connectivity index (χ4v) is 7.27. The SMILES string of the molecule is CC(=O)c1cccc(NC(=NC2CCC(CC3CCC(N)CC3)CC2)N2CCC(N3CCCC3)CC2)c1. The third kappa shape index (κ3) is 7.35. The fourth-order valence-electron chi connectivity index (χ4n) is 7.27. The number of ketones is 1. The fraction of sp³-hybridized carbons (Fsp3) is 0.742. The molecule has 0 aromatic heterocycles. The van der Waals surface area contributed by atoms with E-state index in [9.17, 15) is 4.79 Å². The number of benzene rings is 1. The first-order valence-corrected chi connectivity index (χ1v) is 15.2. The lowest BCUT2D eigenvalue weighted by Crippen LogP contribution is -2.48. The van der Waals surface area contributed by atoms with Crippen molar-refractivity contribution in [1.29, 1.82) is 0 Å². The number of nitrogens with one attached hydrogen (secondary N) is 1. The molecule has 4 fully saturated rings. The molecule has 204 valence electrons. The van der Waals surface area contributed by atoms with Crippen molar-refractivity contribution < 1.29 is 4.79 Å². The summed E-state index contributed by atoms with van der Waals surface area (Å²) >= 11 is 0. The molecule has 0 spiro atoms. The summed E-state index contributed by atoms with van der Waals surface area (Å²) in [6, 6.07) is 9.47. The number of hydrogen-bond acceptors (Lipinski definition) is 4. The van der Waals surface area contributed by atoms with Gasteiger partial charge in [0.15, 0.2) is 11.7 Å². The van der Waals surface area contributed by atoms with Gasteiger partial charge >= 0.3 is 0 Å². The Morgan fingerprint density at radius 2 is 1.57 bits per heavy atom. The van der Waals surface area contributed by atoms with Gasteiger partial charge < -0.3 is 20.9 Å². The second-order valence-corrected chi connectivity index (χ2v) is 12.4. The van der Waals surface area contributed by atoms with Crippen LogP contribution in [0.4, 0.5) is 5.69 Å². The summed E-state index contributed by atoms with van der Waals surface area (Å²) in [5, 5.41) is 3.65. The zero-order chi connectivity index (χ0) is 25.6. The minimum Gasteiger partial charge on any atom is -0.343 e. The first-order chi connectivity index (χ1) is 18.0. The van der Waals surface area contributed by atoms with E-state index >= 15 is 0 Å². The number of anilines is 1. The summed E-state index contributed by atoms with van der Waals surface area (Å²) in [6.45, 7) is 6.30. The molecule has 6 nitrogen and oxygen atoms in total. The van der Waals surface area contributed by atoms with Gasteiger partial charge in [0, 0.05) is 36.4 Å². The Morgan fingerprint density at radius 3 is 2.22 bits per heavy atom. The Kier molecular flexibility index (Phi) is 9.19. The topological polar surface area (TPSA) is 74.0 Å². The van der Waals surface area contributed by atoms with Crippen molar-refractivity contribution in [3.05, 3.63) is 29.8 Å². The van der Waals surface area contributed by atoms with Crippen LogP contribution in [0.5, 0.6) is 0 Å². The molecule has 2 saturated heterocycles. The van der Waals surface area contributed by atoms with Gasteiger partial charge in [-0.15, -0.1) is 0 Å². The van der Waals surface area contributed by atoms with Gasteiger partial charge in [0.25, 0.3) is 0 Å². The summed E-state index contributed by atoms with van der Waals surface area (Å²) in [7, 11) is 0. The van der Waals surface area contributed by atoms with Gasteiger partial charge in [0.1, 0.15) is 0 Å². The second kappa shape index (κ2) is 12.8. The van der Waals surface area contributed by atoms with Crippen LogP contribution in [0.1, 0.15) is 101 Å². The third-order valence-electron chi connectivity index (χ3n) is 9.63. The van der Waals surface area contributed by atoms with Crippen LogP contribution >= 0.6 is 0 Å². The van der Waals surface area contributed by atoms with Gasteiger partial charge in [-0.05, 0) is 127 Å². The number of rotatable bonds is 6. The monoisotopic (exact) mass is 507 g/mol. The normalized spacial score (nSPS) is 30.4. The highest BCUT2D eigenvalue weighted by atomic mass is 16.1. The van der Waals surface area contributed by atoms with E-state index < -0.39 is 0 Å². The van der Waals surface area contributed by atoms with Crippen molar-refractivity contribution in [1.82, 2.24) is 9.80 Å². The number of hydrogen-bond donors (Lipinski definition) is 2. The lowest BCUT2D eigenvalue weighted by Gasteiger charge is -2.39. The summed E-state index contributed by atoms with van der Waals surface area (Å²) in [4.78, 5) is 22.5. The first-order valence-electron chi connectivity index (χ1n) is 15.2. The molecule has 0 amide bonds. The molecule has 0 unspecified atom stereocenters. The van der Waals surface area contributed by atoms with Gasteiger partial charge in [0.2, 0.25) is 0 Å². The first kappa shape index (κ1) is 26.7. The van der Waals surface area contributed by atoms with Crippen molar-refractivity contribution >= 4 is 17.4 Å². The summed E-state index contributed by atoms with van der Waals surface area (Å²) in [5.74, 6) is 2.88. The zero-order valence-electron chi connectivity index (χ0n) is 23.0. The highest BCUT2D eigenvalue weighted by molar-refractivity contribution is 5.98. The Morgan fingerprint density at radius 1 is 0.919 bits per heavy atom. The molecule has 0 atom stereocenters. The molecular formula is C31H49N5O. The number of likely N-dealkylation sites (tertiary alicyclic amines) is 2. The largest absolute Gasteiger partial charge is 0.343 e. The molecule has 5 rings (SSSR count). The third-order valence-corrected chi connectivity index (χ3v) is 9.63. The van der Waals surface area contributed by atoms with Crippen molar-refractivity contribution in [2.45, 2.75) is 109 Å². The molecule has 3 N–H and O–H groups in total. The van der Waals surface area contributed by atoms with E-state index in [2.05, 4.69) is 21.2 Å². The standard InChI is InChI=1S/C31H49N5O/c1-23(37)26-5-4-6-29(22-26)34-31(36-19-15-30(16-20-36)35-17-2-3-18-35)33-28-13-9-25(10-14-28)21-24-7-11-27(32)12-8-24/h4-6,22,24-25,27-28,30H,2-3,7-21,32H2,1H3,(H,33,34). The summed E-state index contributed by atoms with van der Waals surface area (Å²) < 4.78 is 0. The minimum absolute atomic E-state index is 0.104. The highest BCUT2D eigenvalue weighted by Crippen LogP contribution is 2.36. The second-order valence-electron chi connectivity index (χ2n) is 12.4. The van der Waals surface area contributed by atoms with Gasteiger partial charge in [-0.1, -0.05) is 12.1 Å². The van der Waals surface area contributed by atoms with Crippen LogP contribution in [0.2, 0.25) is 0 Å². The average molecular weight is 508 g/mol. The number of guanidine groups is 1. The Balaban J connectivity index is 1.22. The van der Waals surface area contributed by atoms with Crippen LogP contribution in [0.15, 0.2) is 29.3 Å². The van der Waals surface area contributed by atoms with E-state index in [0.717, 1.165) is 48.2 Å². The van der Waals surface area contributed by atoms with Crippen LogP contribution in [0, 0.1) is 11.8 Å². The molecule has 2 heterocycles. The van der Waals surface area contributed by atoms with Crippen LogP contribution in [-0.4, -0.2) is 65.8 Å². The summed E-state index contributed by atoms with van der Waals surface area (Å²) in [5.41, 5.74) is 7.85. The number of nitrogens with zero attached hydrogens (tertiary/aromatic N) is 3. The quantitative estimate of drug-likeness (QED) is 0.294. The van der Waals surface area contributed by atoms with Gasteiger partial charge in [0.05, 0.1) is 6.04 Å². The van der Waals surface area contributed by atoms with Crippen LogP contribution < -0.4 is 11.1 Å². The minimum atomic E-state index is 0.104. The Bertz CT molecular complexity index is 902. The molecule has 2 aliphatic heterocycles. The molecule has 1 aromatic rings. The van der Waals surface area contributed by atoms with Crippen LogP contribution in [-0.2, 0) is 0 Å². The lowest BCUT2D eigenvalue weighted by atomic mass is 9.76. The average Bonchev–Trinajstić information content (AvgIpc) is 3.46. The maximum absolute atomic E-state index is 12.0. The molecule has 1 aromatic carbocycles. The molecule has 6 heteroatoms. The Hall–Kier alpha value is -1.92. The van der Waals surface area contributed by atoms with Crippen LogP contribution in [0.25, 0.3) is 0 Å². The van der Waals surface area contributed by atoms with Crippen molar-refractivity contribution in [2.24, 2.45) is 22.6 Å². The smallest absolute Gasteiger partial charge is 0.198 e. The van der Waals surface area contributed by atoms with E-state index in [1.165, 1.54) is 96.6 Å². The zero-order valence-corrected chi connectivity index (χ0v) is 23.0. The van der Waals surface area contributed by atoms with E-state index in [4.69, 9.17) is 10.7 Å². The molecule has 0 bridgehead atoms. The number of carbonyl (C=O) groups is 1. The lowest BCUT2D eigenvalue weighted by molar-refractivity contribution is 0.101. The molecule has 0 radical (unpaired) electrons. The number of Topliss-reactive ketones (excluding diaryl/α,β-unsaturated/α-hetero) is 1. The molecule has 4 aliphatic rings. The maximum atomic E-state index is 12.0. The van der Waals surface area contributed by atoms with Crippen molar-refractivity contribution in [2.75, 3.05) is 31.5 Å². The summed E-state index contributed by atoms with van der Waals surface area (Å²) in [6.07, 6.45) is 16.7. The number of nitrogens with two attached hydrogens (primary N) is 1. The van der Waals surface area contributed by atoms with E-state index in [1.54, 1.807) is 6.92 Å². The van der Waals surface area contributed by atoms with E-state index in [0.29, 0.717) is 12.1 Å². The highest BCUT2D eigenvalue weighted by Gasteiger charge is 2.30. The van der Waals surface area contributed by atoms with Gasteiger partial charge in [-0.25, -0.2) is 4.99 Å². The van der Waals surface area contributed by atoms with E-state index in [-0.39, 0.29) is 5.78 Å². The predicted molar refractivity (Wildman–Crippen MR) is 153 cm³/mol. The van der Waals surface area contributed by atoms with Crippen molar-refractivity contribution in [3.8, 4) is 0 Å². The van der Waals surface area contributed by atoms with Gasteiger partial charge in [-0.3, -0.25) is 4.79 Å². The number of piperidine rings is 1. The predicted octanol–water partition coefficient (Wildman–Crippen LogP) is 5.68. The van der Waals surface area contributed by atoms with Gasteiger partial charge in [-0.2, -0.15) is 0 Å². The molecule has 2 aliphatic carbocycles. The van der Waals surface area contributed by atoms with Crippen molar-refractivity contribution in [3.63, 3.8) is 0 Å². The Labute approximate surface area is 224 Å². The number of carbonyl (C=O) groups excluding carboxylic acids is 1. The van der Waals surface area contributed by atoms with Crippen LogP contribution in [0.3, 0.4) is 0 Å². The number of aliphatic imine (C=N–C) groups is 1. The van der Waals surface area contributed by atoms with E-state index in [1.807, 2.05) is 18.2 Å². The molecule has 2 saturated carbocycles.